The van der Waals surface area contributed by atoms with Crippen LogP contribution in [0, 0.1) is 11.8 Å². The van der Waals surface area contributed by atoms with Crippen LogP contribution in [0.2, 0.25) is 0 Å². The van der Waals surface area contributed by atoms with E-state index in [1.807, 2.05) is 72.9 Å². The Hall–Kier alpha value is -3.97. The highest BCUT2D eigenvalue weighted by Gasteiger charge is 2.69. The topological polar surface area (TPSA) is 102 Å². The number of carbonyl (C=O) groups excluding carboxylic acids is 2. The first-order chi connectivity index (χ1) is 19.0. The van der Waals surface area contributed by atoms with Gasteiger partial charge in [-0.3, -0.25) is 24.6 Å². The molecule has 3 aromatic carbocycles. The van der Waals surface area contributed by atoms with Gasteiger partial charge in [-0.15, -0.1) is 0 Å². The minimum absolute atomic E-state index is 0.0896. The normalized spacial score (nSPS) is 27.5. The van der Waals surface area contributed by atoms with Crippen LogP contribution in [0.25, 0.3) is 21.7 Å². The number of hydrogen-bond donors (Lipinski definition) is 3. The molecule has 4 atom stereocenters. The summed E-state index contributed by atoms with van der Waals surface area (Å²) in [5.41, 5.74) is 0.949. The van der Waals surface area contributed by atoms with Crippen LogP contribution in [0.3, 0.4) is 0 Å². The summed E-state index contributed by atoms with van der Waals surface area (Å²) in [7, 11) is 0. The molecule has 1 saturated carbocycles. The number of aliphatic carboxylic acids is 1. The first-order valence-corrected chi connectivity index (χ1v) is 13.9. The van der Waals surface area contributed by atoms with Crippen molar-refractivity contribution < 1.29 is 19.5 Å². The number of rotatable bonds is 5. The Morgan fingerprint density at radius 1 is 0.897 bits per heavy atom. The van der Waals surface area contributed by atoms with Gasteiger partial charge in [-0.2, -0.15) is 0 Å². The number of aromatic amines is 1. The van der Waals surface area contributed by atoms with Gasteiger partial charge < -0.3 is 10.1 Å². The average molecular weight is 522 g/mol. The fraction of sp³-hybridized carbons (Fsp3) is 0.344. The van der Waals surface area contributed by atoms with Crippen LogP contribution in [-0.2, 0) is 20.8 Å². The van der Waals surface area contributed by atoms with Gasteiger partial charge in [0.1, 0.15) is 5.54 Å². The fourth-order valence-electron chi connectivity index (χ4n) is 7.53. The molecule has 0 bridgehead atoms. The Kier molecular flexibility index (Phi) is 5.60. The quantitative estimate of drug-likeness (QED) is 0.322. The summed E-state index contributed by atoms with van der Waals surface area (Å²) < 4.78 is 0. The number of imide groups is 1. The zero-order chi connectivity index (χ0) is 26.7. The van der Waals surface area contributed by atoms with Crippen molar-refractivity contribution in [3.8, 4) is 0 Å². The third-order valence-electron chi connectivity index (χ3n) is 9.31. The van der Waals surface area contributed by atoms with E-state index in [-0.39, 0.29) is 24.3 Å². The molecule has 3 N–H and O–H groups in total. The molecule has 4 unspecified atom stereocenters. The molecule has 3 aliphatic rings. The van der Waals surface area contributed by atoms with Gasteiger partial charge >= 0.3 is 5.97 Å². The number of aromatic nitrogens is 1. The maximum Gasteiger partial charge on any atom is 0.325 e. The van der Waals surface area contributed by atoms with E-state index >= 15 is 0 Å². The van der Waals surface area contributed by atoms with Gasteiger partial charge in [-0.25, -0.2) is 0 Å². The van der Waals surface area contributed by atoms with Gasteiger partial charge in [-0.1, -0.05) is 79.9 Å². The summed E-state index contributed by atoms with van der Waals surface area (Å²) >= 11 is 0. The maximum absolute atomic E-state index is 14.2. The lowest BCUT2D eigenvalue weighted by molar-refractivity contribution is -0.152. The molecule has 7 rings (SSSR count). The van der Waals surface area contributed by atoms with Gasteiger partial charge in [0.2, 0.25) is 11.8 Å². The van der Waals surface area contributed by atoms with E-state index in [0.29, 0.717) is 0 Å². The van der Waals surface area contributed by atoms with Gasteiger partial charge in [0.15, 0.2) is 0 Å². The molecular formula is C32H31N3O4. The highest BCUT2D eigenvalue weighted by Crippen LogP contribution is 2.52. The number of H-pyrrole nitrogens is 1. The average Bonchev–Trinajstić information content (AvgIpc) is 3.61. The number of amides is 2. The van der Waals surface area contributed by atoms with E-state index < -0.39 is 29.4 Å². The Morgan fingerprint density at radius 2 is 1.62 bits per heavy atom. The first-order valence-electron chi connectivity index (χ1n) is 13.9. The Morgan fingerprint density at radius 3 is 2.41 bits per heavy atom. The third-order valence-corrected chi connectivity index (χ3v) is 9.31. The molecule has 198 valence electrons. The molecule has 0 spiro atoms. The Balaban J connectivity index is 1.40. The second kappa shape index (κ2) is 9.06. The summed E-state index contributed by atoms with van der Waals surface area (Å²) in [6.07, 6.45) is 6.53. The molecule has 3 fully saturated rings. The van der Waals surface area contributed by atoms with Crippen molar-refractivity contribution in [2.45, 2.75) is 56.1 Å². The van der Waals surface area contributed by atoms with Crippen molar-refractivity contribution in [2.24, 2.45) is 11.8 Å². The number of fused-ring (bicyclic) bond motifs is 3. The number of hydrogen-bond acceptors (Lipinski definition) is 4. The van der Waals surface area contributed by atoms with Crippen LogP contribution < -0.4 is 5.32 Å². The standard InChI is InChI=1S/C32H31N3O4/c36-29-26-27(30(37)35(29)21-11-2-1-3-12-21)32(31(38)39,17-20-18-33-25-16-7-6-14-23(20)25)34-28(26)24-15-8-10-19-9-4-5-13-22(19)24/h4-10,13-16,18,21,26-28,33-34H,1-3,11-12,17H2,(H,38,39). The van der Waals surface area contributed by atoms with E-state index in [0.717, 1.165) is 64.9 Å². The lowest BCUT2D eigenvalue weighted by atomic mass is 9.76. The SMILES string of the molecule is O=C1C2C(c3cccc4ccccc34)NC(Cc3c[nH]c4ccccc34)(C(=O)O)C2C(=O)N1C1CCCCC1. The summed E-state index contributed by atoms with van der Waals surface area (Å²) in [6, 6.07) is 20.8. The molecule has 1 aliphatic carbocycles. The largest absolute Gasteiger partial charge is 0.480 e. The molecule has 4 aromatic rings. The minimum atomic E-state index is -1.63. The van der Waals surface area contributed by atoms with Crippen LogP contribution in [-0.4, -0.2) is 44.4 Å². The van der Waals surface area contributed by atoms with Crippen molar-refractivity contribution in [1.29, 1.82) is 0 Å². The number of nitrogens with zero attached hydrogens (tertiary/aromatic N) is 1. The van der Waals surface area contributed by atoms with Crippen LogP contribution in [0.1, 0.15) is 49.3 Å². The van der Waals surface area contributed by atoms with Gasteiger partial charge in [0.05, 0.1) is 11.8 Å². The van der Waals surface area contributed by atoms with Crippen LogP contribution in [0.15, 0.2) is 72.9 Å². The number of carboxylic acids is 1. The van der Waals surface area contributed by atoms with Crippen LogP contribution >= 0.6 is 0 Å². The highest BCUT2D eigenvalue weighted by molar-refractivity contribution is 6.10. The lowest BCUT2D eigenvalue weighted by Gasteiger charge is -2.34. The van der Waals surface area contributed by atoms with E-state index in [1.54, 1.807) is 0 Å². The predicted octanol–water partition coefficient (Wildman–Crippen LogP) is 4.97. The maximum atomic E-state index is 14.2. The molecule has 2 aliphatic heterocycles. The van der Waals surface area contributed by atoms with Gasteiger partial charge in [0, 0.05) is 35.6 Å². The number of benzene rings is 3. The van der Waals surface area contributed by atoms with E-state index in [1.165, 1.54) is 4.90 Å². The number of carbonyl (C=O) groups is 3. The second-order valence-corrected chi connectivity index (χ2v) is 11.3. The molecule has 3 heterocycles. The van der Waals surface area contributed by atoms with E-state index in [2.05, 4.69) is 10.3 Å². The van der Waals surface area contributed by atoms with Crippen molar-refractivity contribution in [3.63, 3.8) is 0 Å². The number of para-hydroxylation sites is 1. The molecule has 1 aromatic heterocycles. The number of likely N-dealkylation sites (tertiary alicyclic amines) is 1. The van der Waals surface area contributed by atoms with E-state index in [4.69, 9.17) is 0 Å². The molecule has 39 heavy (non-hydrogen) atoms. The molecular weight excluding hydrogens is 490 g/mol. The zero-order valence-electron chi connectivity index (χ0n) is 21.6. The monoisotopic (exact) mass is 521 g/mol. The third kappa shape index (κ3) is 3.56. The molecule has 7 heteroatoms. The van der Waals surface area contributed by atoms with Crippen molar-refractivity contribution >= 4 is 39.5 Å². The predicted molar refractivity (Wildman–Crippen MR) is 148 cm³/mol. The molecule has 2 saturated heterocycles. The van der Waals surface area contributed by atoms with Gasteiger partial charge in [-0.05, 0) is 40.8 Å². The zero-order valence-corrected chi connectivity index (χ0v) is 21.6. The second-order valence-electron chi connectivity index (χ2n) is 11.3. The lowest BCUT2D eigenvalue weighted by Crippen LogP contribution is -2.58. The number of nitrogens with one attached hydrogen (secondary N) is 2. The van der Waals surface area contributed by atoms with Crippen molar-refractivity contribution in [3.05, 3.63) is 84.1 Å². The summed E-state index contributed by atoms with van der Waals surface area (Å²) in [4.78, 5) is 46.5. The Labute approximate surface area is 226 Å². The fourth-order valence-corrected chi connectivity index (χ4v) is 7.53. The summed E-state index contributed by atoms with van der Waals surface area (Å²) in [5.74, 6) is -3.45. The van der Waals surface area contributed by atoms with Crippen LogP contribution in [0.4, 0.5) is 0 Å². The summed E-state index contributed by atoms with van der Waals surface area (Å²) in [5, 5.41) is 17.2. The minimum Gasteiger partial charge on any atom is -0.480 e. The smallest absolute Gasteiger partial charge is 0.325 e. The van der Waals surface area contributed by atoms with Crippen molar-refractivity contribution in [1.82, 2.24) is 15.2 Å². The Bertz CT molecular complexity index is 1610. The van der Waals surface area contributed by atoms with E-state index in [9.17, 15) is 19.5 Å². The highest BCUT2D eigenvalue weighted by atomic mass is 16.4. The van der Waals surface area contributed by atoms with Crippen LogP contribution in [0.5, 0.6) is 0 Å². The number of carboxylic acid groups (broad SMARTS) is 1. The molecule has 0 radical (unpaired) electrons. The molecule has 7 nitrogen and oxygen atoms in total. The van der Waals surface area contributed by atoms with Gasteiger partial charge in [0.25, 0.3) is 0 Å². The first kappa shape index (κ1) is 24.1. The van der Waals surface area contributed by atoms with Crippen molar-refractivity contribution in [2.75, 3.05) is 0 Å². The summed E-state index contributed by atoms with van der Waals surface area (Å²) in [6.45, 7) is 0. The molecule has 2 amide bonds.